The number of morpholine rings is 1. The van der Waals surface area contributed by atoms with Gasteiger partial charge in [0.15, 0.2) is 0 Å². The molecule has 0 atom stereocenters. The highest BCUT2D eigenvalue weighted by atomic mass is 16.5. The van der Waals surface area contributed by atoms with Crippen LogP contribution in [0.4, 0.5) is 0 Å². The first kappa shape index (κ1) is 21.8. The van der Waals surface area contributed by atoms with Gasteiger partial charge < -0.3 is 19.1 Å². The van der Waals surface area contributed by atoms with Crippen molar-refractivity contribution in [2.75, 3.05) is 53.1 Å². The molecule has 0 amide bonds. The Bertz CT molecular complexity index is 753. The van der Waals surface area contributed by atoms with Gasteiger partial charge in [-0.1, -0.05) is 12.1 Å². The van der Waals surface area contributed by atoms with Gasteiger partial charge in [-0.2, -0.15) is 0 Å². The first-order valence-electron chi connectivity index (χ1n) is 10.4. The van der Waals surface area contributed by atoms with Crippen LogP contribution in [-0.4, -0.2) is 78.1 Å². The summed E-state index contributed by atoms with van der Waals surface area (Å²) in [5.41, 5.74) is 2.18. The molecule has 160 valence electrons. The van der Waals surface area contributed by atoms with Crippen molar-refractivity contribution in [2.45, 2.75) is 32.5 Å². The molecule has 1 aromatic carbocycles. The van der Waals surface area contributed by atoms with Crippen LogP contribution in [0.25, 0.3) is 0 Å². The SMILES string of the molecule is COc1cccc(Cn2cccc2CN(CCN2CCOCC2)C(C)(C)CO)c1. The molecule has 2 aromatic rings. The van der Waals surface area contributed by atoms with E-state index in [-0.39, 0.29) is 12.1 Å². The molecule has 1 aliphatic rings. The van der Waals surface area contributed by atoms with Gasteiger partial charge in [0, 0.05) is 56.7 Å². The molecule has 0 radical (unpaired) electrons. The summed E-state index contributed by atoms with van der Waals surface area (Å²) in [5.74, 6) is 0.879. The molecule has 1 fully saturated rings. The first-order valence-corrected chi connectivity index (χ1v) is 10.4. The Morgan fingerprint density at radius 3 is 2.69 bits per heavy atom. The van der Waals surface area contributed by atoms with E-state index in [2.05, 4.69) is 58.7 Å². The molecule has 0 spiro atoms. The van der Waals surface area contributed by atoms with E-state index in [1.54, 1.807) is 7.11 Å². The van der Waals surface area contributed by atoms with Gasteiger partial charge >= 0.3 is 0 Å². The number of hydrogen-bond donors (Lipinski definition) is 1. The lowest BCUT2D eigenvalue weighted by Crippen LogP contribution is -2.50. The average Bonchev–Trinajstić information content (AvgIpc) is 3.18. The van der Waals surface area contributed by atoms with Crippen LogP contribution in [0.2, 0.25) is 0 Å². The maximum atomic E-state index is 10.00. The maximum Gasteiger partial charge on any atom is 0.119 e. The maximum absolute atomic E-state index is 10.00. The standard InChI is InChI=1S/C23H35N3O3/c1-23(2,19-27)26(11-10-24-12-14-29-15-13-24)18-21-7-5-9-25(21)17-20-6-4-8-22(16-20)28-3/h4-9,16,27H,10-15,17-19H2,1-3H3. The summed E-state index contributed by atoms with van der Waals surface area (Å²) >= 11 is 0. The smallest absolute Gasteiger partial charge is 0.119 e. The van der Waals surface area contributed by atoms with E-state index in [0.717, 1.165) is 58.2 Å². The molecule has 3 rings (SSSR count). The number of ether oxygens (including phenoxy) is 2. The van der Waals surface area contributed by atoms with E-state index >= 15 is 0 Å². The Morgan fingerprint density at radius 2 is 1.97 bits per heavy atom. The van der Waals surface area contributed by atoms with Gasteiger partial charge in [0.05, 0.1) is 26.9 Å². The molecule has 6 heteroatoms. The molecular formula is C23H35N3O3. The highest BCUT2D eigenvalue weighted by Gasteiger charge is 2.27. The third-order valence-electron chi connectivity index (χ3n) is 5.80. The second-order valence-corrected chi connectivity index (χ2v) is 8.33. The quantitative estimate of drug-likeness (QED) is 0.663. The summed E-state index contributed by atoms with van der Waals surface area (Å²) in [6, 6.07) is 12.5. The Morgan fingerprint density at radius 1 is 1.17 bits per heavy atom. The van der Waals surface area contributed by atoms with Crippen molar-refractivity contribution in [3.63, 3.8) is 0 Å². The second kappa shape index (κ2) is 10.3. The Kier molecular flexibility index (Phi) is 7.72. The molecule has 1 N–H and O–H groups in total. The molecular weight excluding hydrogens is 366 g/mol. The van der Waals surface area contributed by atoms with E-state index in [1.807, 2.05) is 12.1 Å². The minimum absolute atomic E-state index is 0.132. The van der Waals surface area contributed by atoms with E-state index in [4.69, 9.17) is 9.47 Å². The summed E-state index contributed by atoms with van der Waals surface area (Å²) < 4.78 is 13.1. The van der Waals surface area contributed by atoms with Gasteiger partial charge in [-0.05, 0) is 43.7 Å². The summed E-state index contributed by atoms with van der Waals surface area (Å²) in [5, 5.41) is 10.00. The Balaban J connectivity index is 1.69. The van der Waals surface area contributed by atoms with Crippen LogP contribution in [0.3, 0.4) is 0 Å². The highest BCUT2D eigenvalue weighted by Crippen LogP contribution is 2.20. The van der Waals surface area contributed by atoms with E-state index in [1.165, 1.54) is 11.3 Å². The predicted molar refractivity (Wildman–Crippen MR) is 115 cm³/mol. The number of methoxy groups -OCH3 is 1. The van der Waals surface area contributed by atoms with Gasteiger partial charge in [-0.25, -0.2) is 0 Å². The summed E-state index contributed by atoms with van der Waals surface area (Å²) in [7, 11) is 1.70. The van der Waals surface area contributed by atoms with Crippen molar-refractivity contribution in [3.05, 3.63) is 53.9 Å². The number of aromatic nitrogens is 1. The number of benzene rings is 1. The fourth-order valence-corrected chi connectivity index (χ4v) is 3.69. The summed E-state index contributed by atoms with van der Waals surface area (Å²) in [6.45, 7) is 11.5. The molecule has 0 unspecified atom stereocenters. The Hall–Kier alpha value is -1.86. The van der Waals surface area contributed by atoms with Crippen molar-refractivity contribution in [1.82, 2.24) is 14.4 Å². The lowest BCUT2D eigenvalue weighted by atomic mass is 10.0. The third kappa shape index (κ3) is 6.06. The van der Waals surface area contributed by atoms with E-state index < -0.39 is 0 Å². The van der Waals surface area contributed by atoms with Crippen molar-refractivity contribution >= 4 is 0 Å². The van der Waals surface area contributed by atoms with Crippen LogP contribution in [0.15, 0.2) is 42.6 Å². The normalized spacial score (nSPS) is 15.8. The second-order valence-electron chi connectivity index (χ2n) is 8.33. The van der Waals surface area contributed by atoms with Crippen molar-refractivity contribution in [3.8, 4) is 5.75 Å². The summed E-state index contributed by atoms with van der Waals surface area (Å²) in [6.07, 6.45) is 2.13. The number of aliphatic hydroxyl groups excluding tert-OH is 1. The van der Waals surface area contributed by atoms with Crippen LogP contribution in [0, 0.1) is 0 Å². The van der Waals surface area contributed by atoms with Crippen LogP contribution in [0.1, 0.15) is 25.1 Å². The molecule has 1 saturated heterocycles. The van der Waals surface area contributed by atoms with Gasteiger partial charge in [0.2, 0.25) is 0 Å². The monoisotopic (exact) mass is 401 g/mol. The number of aliphatic hydroxyl groups is 1. The van der Waals surface area contributed by atoms with Gasteiger partial charge in [-0.15, -0.1) is 0 Å². The number of nitrogens with zero attached hydrogens (tertiary/aromatic N) is 3. The minimum atomic E-state index is -0.280. The number of rotatable bonds is 10. The zero-order valence-electron chi connectivity index (χ0n) is 18.0. The van der Waals surface area contributed by atoms with Gasteiger partial charge in [0.1, 0.15) is 5.75 Å². The van der Waals surface area contributed by atoms with E-state index in [9.17, 15) is 5.11 Å². The molecule has 1 aliphatic heterocycles. The lowest BCUT2D eigenvalue weighted by molar-refractivity contribution is 0.0114. The third-order valence-corrected chi connectivity index (χ3v) is 5.80. The molecule has 6 nitrogen and oxygen atoms in total. The largest absolute Gasteiger partial charge is 0.497 e. The minimum Gasteiger partial charge on any atom is -0.497 e. The van der Waals surface area contributed by atoms with Gasteiger partial charge in [-0.3, -0.25) is 9.80 Å². The summed E-state index contributed by atoms with van der Waals surface area (Å²) in [4.78, 5) is 4.83. The van der Waals surface area contributed by atoms with Crippen molar-refractivity contribution in [1.29, 1.82) is 0 Å². The topological polar surface area (TPSA) is 50.1 Å². The molecule has 29 heavy (non-hydrogen) atoms. The van der Waals surface area contributed by atoms with Crippen LogP contribution >= 0.6 is 0 Å². The van der Waals surface area contributed by atoms with Crippen LogP contribution in [-0.2, 0) is 17.8 Å². The zero-order valence-corrected chi connectivity index (χ0v) is 18.0. The van der Waals surface area contributed by atoms with Crippen molar-refractivity contribution in [2.24, 2.45) is 0 Å². The van der Waals surface area contributed by atoms with E-state index in [0.29, 0.717) is 0 Å². The molecule has 0 aliphatic carbocycles. The zero-order chi connectivity index (χ0) is 20.7. The fraction of sp³-hybridized carbons (Fsp3) is 0.565. The Labute approximate surface area is 174 Å². The molecule has 1 aromatic heterocycles. The fourth-order valence-electron chi connectivity index (χ4n) is 3.69. The van der Waals surface area contributed by atoms with Crippen molar-refractivity contribution < 1.29 is 14.6 Å². The lowest BCUT2D eigenvalue weighted by Gasteiger charge is -2.39. The highest BCUT2D eigenvalue weighted by molar-refractivity contribution is 5.29. The van der Waals surface area contributed by atoms with Crippen LogP contribution < -0.4 is 4.74 Å². The predicted octanol–water partition coefficient (Wildman–Crippen LogP) is 2.45. The molecule has 0 saturated carbocycles. The van der Waals surface area contributed by atoms with Crippen LogP contribution in [0.5, 0.6) is 5.75 Å². The first-order chi connectivity index (χ1) is 14.0. The number of hydrogen-bond acceptors (Lipinski definition) is 5. The average molecular weight is 402 g/mol. The molecule has 2 heterocycles. The molecule has 0 bridgehead atoms. The van der Waals surface area contributed by atoms with Gasteiger partial charge in [0.25, 0.3) is 0 Å².